The summed E-state index contributed by atoms with van der Waals surface area (Å²) in [6, 6.07) is 0. The summed E-state index contributed by atoms with van der Waals surface area (Å²) < 4.78 is 33.1. The second-order valence-corrected chi connectivity index (χ2v) is 15.9. The van der Waals surface area contributed by atoms with Crippen molar-refractivity contribution in [3.8, 4) is 0 Å². The fourth-order valence-corrected chi connectivity index (χ4v) is 7.56. The van der Waals surface area contributed by atoms with Crippen LogP contribution in [0.3, 0.4) is 0 Å². The zero-order valence-electron chi connectivity index (χ0n) is 19.4. The van der Waals surface area contributed by atoms with Crippen LogP contribution in [0.25, 0.3) is 0 Å². The van der Waals surface area contributed by atoms with E-state index in [1.807, 2.05) is 6.92 Å². The van der Waals surface area contributed by atoms with E-state index in [-0.39, 0.29) is 6.61 Å². The van der Waals surface area contributed by atoms with E-state index in [1.54, 1.807) is 6.16 Å². The van der Waals surface area contributed by atoms with Crippen molar-refractivity contribution in [1.29, 1.82) is 0 Å². The molecule has 168 valence electrons. The summed E-state index contributed by atoms with van der Waals surface area (Å²) in [5.74, 6) is 0. The topological polar surface area (TPSA) is 66.4 Å². The molecular formula is C20H48O4P2S. The Kier molecular flexibility index (Phi) is 25.7. The van der Waals surface area contributed by atoms with E-state index in [2.05, 4.69) is 52.6 Å². The Morgan fingerprint density at radius 3 is 1.41 bits per heavy atom. The minimum absolute atomic E-state index is 0.00231. The van der Waals surface area contributed by atoms with Gasteiger partial charge in [-0.3, -0.25) is 4.18 Å². The monoisotopic (exact) mass is 446 g/mol. The molecule has 4 nitrogen and oxygen atoms in total. The van der Waals surface area contributed by atoms with Crippen LogP contribution in [-0.4, -0.2) is 62.7 Å². The zero-order valence-corrected chi connectivity index (χ0v) is 22.0. The maximum atomic E-state index is 9.73. The van der Waals surface area contributed by atoms with Gasteiger partial charge in [-0.25, -0.2) is 8.42 Å². The van der Waals surface area contributed by atoms with Gasteiger partial charge in [-0.15, -0.1) is 7.92 Å². The second kappa shape index (κ2) is 21.4. The molecule has 0 bridgehead atoms. The van der Waals surface area contributed by atoms with E-state index in [0.717, 1.165) is 6.42 Å². The van der Waals surface area contributed by atoms with Crippen LogP contribution in [-0.2, 0) is 14.6 Å². The fourth-order valence-electron chi connectivity index (χ4n) is 2.61. The van der Waals surface area contributed by atoms with Crippen LogP contribution in [0.1, 0.15) is 81.1 Å². The van der Waals surface area contributed by atoms with Gasteiger partial charge >= 0.3 is 0 Å². The van der Waals surface area contributed by atoms with Gasteiger partial charge in [0.15, 0.2) is 0 Å². The molecule has 0 saturated carbocycles. The lowest BCUT2D eigenvalue weighted by atomic mass is 10.4. The van der Waals surface area contributed by atoms with Crippen LogP contribution in [0.5, 0.6) is 0 Å². The molecule has 0 amide bonds. The van der Waals surface area contributed by atoms with Gasteiger partial charge in [0.25, 0.3) is 0 Å². The third kappa shape index (κ3) is 22.9. The van der Waals surface area contributed by atoms with Crippen molar-refractivity contribution in [3.05, 3.63) is 0 Å². The molecule has 0 saturated heterocycles. The summed E-state index contributed by atoms with van der Waals surface area (Å²) >= 11 is 0. The summed E-state index contributed by atoms with van der Waals surface area (Å²) in [6.45, 7) is 18.2. The van der Waals surface area contributed by atoms with Gasteiger partial charge in [-0.05, 0) is 52.1 Å². The first-order valence-electron chi connectivity index (χ1n) is 10.8. The minimum Gasteiger partial charge on any atom is -0.726 e. The first-order chi connectivity index (χ1) is 12.6. The molecule has 0 aromatic rings. The van der Waals surface area contributed by atoms with E-state index < -0.39 is 17.7 Å². The van der Waals surface area contributed by atoms with Crippen LogP contribution >= 0.6 is 15.2 Å². The van der Waals surface area contributed by atoms with Crippen molar-refractivity contribution < 1.29 is 17.2 Å². The van der Waals surface area contributed by atoms with E-state index >= 15 is 0 Å². The number of rotatable bonds is 13. The summed E-state index contributed by atoms with van der Waals surface area (Å²) in [7, 11) is -4.46. The van der Waals surface area contributed by atoms with E-state index in [0.29, 0.717) is 14.3 Å². The quantitative estimate of drug-likeness (QED) is 0.137. The maximum Gasteiger partial charge on any atom is 0.217 e. The van der Waals surface area contributed by atoms with Crippen LogP contribution in [0.2, 0.25) is 0 Å². The number of unbranched alkanes of at least 4 members (excludes halogenated alkanes) is 2. The normalized spacial score (nSPS) is 11.5. The van der Waals surface area contributed by atoms with Crippen LogP contribution in [0, 0.1) is 0 Å². The van der Waals surface area contributed by atoms with Crippen molar-refractivity contribution >= 4 is 25.6 Å². The van der Waals surface area contributed by atoms with Crippen molar-refractivity contribution in [2.75, 3.05) is 49.7 Å². The lowest BCUT2D eigenvalue weighted by Gasteiger charge is -2.23. The highest BCUT2D eigenvalue weighted by molar-refractivity contribution is 7.80. The van der Waals surface area contributed by atoms with E-state index in [1.165, 1.54) is 49.8 Å². The SMILES string of the molecule is CCCCOS(=O)(=O)[O-].CCCC[P+](CC)(CC)CC.CCP(CC)CC. The Balaban J connectivity index is -0.000000329. The predicted molar refractivity (Wildman–Crippen MR) is 127 cm³/mol. The third-order valence-corrected chi connectivity index (χ3v) is 13.5. The average molecular weight is 447 g/mol. The molecule has 0 heterocycles. The third-order valence-electron chi connectivity index (χ3n) is 5.07. The lowest BCUT2D eigenvalue weighted by Crippen LogP contribution is -2.06. The molecule has 0 spiro atoms. The van der Waals surface area contributed by atoms with Gasteiger partial charge in [0.2, 0.25) is 10.4 Å². The largest absolute Gasteiger partial charge is 0.726 e. The maximum absolute atomic E-state index is 9.73. The molecule has 27 heavy (non-hydrogen) atoms. The highest BCUT2D eigenvalue weighted by atomic mass is 32.3. The molecule has 7 heteroatoms. The fraction of sp³-hybridized carbons (Fsp3) is 1.00. The first kappa shape index (κ1) is 32.4. The molecule has 0 unspecified atom stereocenters. The summed E-state index contributed by atoms with van der Waals surface area (Å²) in [6.07, 6.45) is 14.5. The zero-order chi connectivity index (χ0) is 21.8. The van der Waals surface area contributed by atoms with Crippen molar-refractivity contribution in [2.45, 2.75) is 81.1 Å². The molecule has 0 aliphatic carbocycles. The van der Waals surface area contributed by atoms with Gasteiger partial charge in [-0.2, -0.15) is 0 Å². The van der Waals surface area contributed by atoms with Gasteiger partial charge < -0.3 is 4.55 Å². The molecule has 0 aliphatic heterocycles. The molecule has 0 atom stereocenters. The molecule has 0 aromatic heterocycles. The van der Waals surface area contributed by atoms with Gasteiger partial charge in [0.1, 0.15) is 0 Å². The summed E-state index contributed by atoms with van der Waals surface area (Å²) in [4.78, 5) is 0. The molecule has 0 N–H and O–H groups in total. The first-order valence-corrected chi connectivity index (χ1v) is 16.6. The van der Waals surface area contributed by atoms with Gasteiger partial charge in [0.05, 0.1) is 31.3 Å². The second-order valence-electron chi connectivity index (χ2n) is 6.57. The van der Waals surface area contributed by atoms with Crippen molar-refractivity contribution in [3.63, 3.8) is 0 Å². The molecule has 0 aromatic carbocycles. The Labute approximate surface area is 173 Å². The Bertz CT molecular complexity index is 368. The van der Waals surface area contributed by atoms with Crippen LogP contribution < -0.4 is 0 Å². The molecule has 0 fully saturated rings. The average Bonchev–Trinajstić information content (AvgIpc) is 2.65. The lowest BCUT2D eigenvalue weighted by molar-refractivity contribution is 0.257. The van der Waals surface area contributed by atoms with Gasteiger partial charge in [0, 0.05) is 7.26 Å². The molecule has 0 rings (SSSR count). The Morgan fingerprint density at radius 2 is 1.19 bits per heavy atom. The Morgan fingerprint density at radius 1 is 0.778 bits per heavy atom. The van der Waals surface area contributed by atoms with E-state index in [4.69, 9.17) is 0 Å². The van der Waals surface area contributed by atoms with E-state index in [9.17, 15) is 13.0 Å². The molecule has 0 aliphatic rings. The summed E-state index contributed by atoms with van der Waals surface area (Å²) in [5.41, 5.74) is 0. The summed E-state index contributed by atoms with van der Waals surface area (Å²) in [5, 5.41) is 0. The van der Waals surface area contributed by atoms with Gasteiger partial charge in [-0.1, -0.05) is 47.5 Å². The smallest absolute Gasteiger partial charge is 0.217 e. The molecular weight excluding hydrogens is 398 g/mol. The van der Waals surface area contributed by atoms with Crippen LogP contribution in [0.15, 0.2) is 0 Å². The van der Waals surface area contributed by atoms with Crippen molar-refractivity contribution in [2.24, 2.45) is 0 Å². The predicted octanol–water partition coefficient (Wildman–Crippen LogP) is 6.66. The highest BCUT2D eigenvalue weighted by Gasteiger charge is 2.29. The highest BCUT2D eigenvalue weighted by Crippen LogP contribution is 2.58. The number of hydrogen-bond acceptors (Lipinski definition) is 4. The van der Waals surface area contributed by atoms with Crippen LogP contribution in [0.4, 0.5) is 0 Å². The standard InChI is InChI=1S/C10H24P.C6H15P.C4H10O4S/c1-5-9-10-11(6-2,7-3)8-4;1-4-7(5-2)6-3;1-2-3-4-8-9(5,6)7/h5-10H2,1-4H3;4-6H2,1-3H3;2-4H2,1H3,(H,5,6,7)/q+1;;/p-1. The Hall–Kier alpha value is 0.730. The minimum atomic E-state index is -4.45. The number of hydrogen-bond donors (Lipinski definition) is 0. The van der Waals surface area contributed by atoms with Crippen molar-refractivity contribution in [1.82, 2.24) is 0 Å². The molecule has 0 radical (unpaired) electrons.